The molecule has 0 bridgehead atoms. The number of likely N-dealkylation sites (tertiary alicyclic amines) is 2. The Morgan fingerprint density at radius 3 is 2.77 bits per heavy atom. The molecule has 2 fully saturated rings. The lowest BCUT2D eigenvalue weighted by Crippen LogP contribution is -2.37. The maximum absolute atomic E-state index is 13.1. The molecule has 2 saturated heterocycles. The fraction of sp³-hybridized carbons (Fsp3) is 0.500. The van der Waals surface area contributed by atoms with E-state index in [1.54, 1.807) is 23.5 Å². The summed E-state index contributed by atoms with van der Waals surface area (Å²) in [7, 11) is 0. The highest BCUT2D eigenvalue weighted by Gasteiger charge is 2.50. The minimum Gasteiger partial charge on any atom is -0.342 e. The molecule has 0 saturated carbocycles. The van der Waals surface area contributed by atoms with Crippen LogP contribution in [-0.4, -0.2) is 46.9 Å². The zero-order valence-corrected chi connectivity index (χ0v) is 15.9. The largest absolute Gasteiger partial charge is 0.342 e. The Morgan fingerprint density at radius 2 is 2.00 bits per heavy atom. The van der Waals surface area contributed by atoms with Crippen LogP contribution in [0.1, 0.15) is 31.2 Å². The molecule has 26 heavy (non-hydrogen) atoms. The van der Waals surface area contributed by atoms with Gasteiger partial charge in [-0.2, -0.15) is 0 Å². The number of benzene rings is 1. The van der Waals surface area contributed by atoms with Gasteiger partial charge in [-0.1, -0.05) is 6.92 Å². The quantitative estimate of drug-likeness (QED) is 0.800. The van der Waals surface area contributed by atoms with E-state index in [0.29, 0.717) is 5.91 Å². The van der Waals surface area contributed by atoms with Crippen molar-refractivity contribution in [2.75, 3.05) is 26.2 Å². The smallest absolute Gasteiger partial charge is 0.230 e. The van der Waals surface area contributed by atoms with Crippen molar-refractivity contribution >= 4 is 17.2 Å². The molecule has 2 aliphatic heterocycles. The number of aromatic nitrogens is 1. The summed E-state index contributed by atoms with van der Waals surface area (Å²) < 4.78 is 13.1. The fourth-order valence-corrected chi connectivity index (χ4v) is 5.02. The van der Waals surface area contributed by atoms with E-state index in [1.807, 2.05) is 10.3 Å². The second-order valence-corrected chi connectivity index (χ2v) is 8.36. The average Bonchev–Trinajstić information content (AvgIpc) is 3.33. The van der Waals surface area contributed by atoms with Crippen molar-refractivity contribution in [1.29, 1.82) is 0 Å². The summed E-state index contributed by atoms with van der Waals surface area (Å²) in [6.07, 6.45) is 2.97. The summed E-state index contributed by atoms with van der Waals surface area (Å²) in [5, 5.41) is 3.08. The van der Waals surface area contributed by atoms with Crippen LogP contribution in [0.2, 0.25) is 0 Å². The average molecular weight is 373 g/mol. The summed E-state index contributed by atoms with van der Waals surface area (Å²) in [5.74, 6) is 0.123. The second kappa shape index (κ2) is 7.08. The maximum atomic E-state index is 13.1. The van der Waals surface area contributed by atoms with Crippen molar-refractivity contribution in [1.82, 2.24) is 14.8 Å². The van der Waals surface area contributed by atoms with Crippen LogP contribution >= 0.6 is 11.3 Å². The molecule has 1 aromatic carbocycles. The number of rotatable bonds is 5. The molecule has 1 unspecified atom stereocenters. The zero-order valence-electron chi connectivity index (χ0n) is 15.1. The maximum Gasteiger partial charge on any atom is 0.230 e. The number of carbonyl (C=O) groups excluding carboxylic acids is 1. The Kier molecular flexibility index (Phi) is 4.80. The molecule has 2 aliphatic rings. The van der Waals surface area contributed by atoms with Gasteiger partial charge in [0.05, 0.1) is 17.7 Å². The molecule has 1 amide bonds. The van der Waals surface area contributed by atoms with Crippen molar-refractivity contribution in [3.8, 4) is 11.3 Å². The number of hydrogen-bond donors (Lipinski definition) is 0. The van der Waals surface area contributed by atoms with Crippen molar-refractivity contribution in [3.05, 3.63) is 40.5 Å². The summed E-state index contributed by atoms with van der Waals surface area (Å²) in [6.45, 7) is 6.50. The molecule has 4 nitrogen and oxygen atoms in total. The van der Waals surface area contributed by atoms with E-state index in [1.165, 1.54) is 12.1 Å². The number of nitrogens with zero attached hydrogens (tertiary/aromatic N) is 3. The molecule has 0 N–H and O–H groups in total. The van der Waals surface area contributed by atoms with Crippen LogP contribution in [0, 0.1) is 11.2 Å². The van der Waals surface area contributed by atoms with Crippen molar-refractivity contribution in [2.45, 2.75) is 32.7 Å². The van der Waals surface area contributed by atoms with Gasteiger partial charge in [0.2, 0.25) is 5.91 Å². The number of halogens is 1. The van der Waals surface area contributed by atoms with E-state index >= 15 is 0 Å². The lowest BCUT2D eigenvalue weighted by molar-refractivity contribution is -0.135. The molecule has 3 heterocycles. The summed E-state index contributed by atoms with van der Waals surface area (Å²) in [5.41, 5.74) is 1.67. The Morgan fingerprint density at radius 1 is 1.23 bits per heavy atom. The van der Waals surface area contributed by atoms with Crippen LogP contribution < -0.4 is 0 Å². The van der Waals surface area contributed by atoms with Gasteiger partial charge in [0.15, 0.2) is 0 Å². The van der Waals surface area contributed by atoms with Gasteiger partial charge in [-0.3, -0.25) is 9.69 Å². The highest BCUT2D eigenvalue weighted by atomic mass is 32.1. The van der Waals surface area contributed by atoms with Crippen LogP contribution in [0.15, 0.2) is 29.6 Å². The van der Waals surface area contributed by atoms with Crippen molar-refractivity contribution < 1.29 is 9.18 Å². The minimum absolute atomic E-state index is 0.160. The van der Waals surface area contributed by atoms with Crippen LogP contribution in [0.3, 0.4) is 0 Å². The molecular weight excluding hydrogens is 349 g/mol. The highest BCUT2D eigenvalue weighted by molar-refractivity contribution is 7.09. The van der Waals surface area contributed by atoms with Gasteiger partial charge < -0.3 is 4.90 Å². The lowest BCUT2D eigenvalue weighted by atomic mass is 9.85. The molecule has 4 rings (SSSR count). The first-order valence-corrected chi connectivity index (χ1v) is 10.2. The molecule has 1 spiro atoms. The first-order chi connectivity index (χ1) is 12.6. The van der Waals surface area contributed by atoms with Gasteiger partial charge in [0.1, 0.15) is 10.8 Å². The molecule has 0 radical (unpaired) electrons. The highest BCUT2D eigenvalue weighted by Crippen LogP contribution is 2.41. The summed E-state index contributed by atoms with van der Waals surface area (Å²) in [6, 6.07) is 6.45. The third-order valence-electron chi connectivity index (χ3n) is 5.58. The third kappa shape index (κ3) is 3.28. The Hall–Kier alpha value is -1.79. The van der Waals surface area contributed by atoms with Gasteiger partial charge >= 0.3 is 0 Å². The fourth-order valence-electron chi connectivity index (χ4n) is 4.18. The zero-order chi connectivity index (χ0) is 18.1. The molecule has 0 aliphatic carbocycles. The normalized spacial score (nSPS) is 23.5. The SMILES string of the molecule is CCCN1CCC2(CCN(Cc3nc(-c4ccc(F)cc4)cs3)C2)C1=O. The van der Waals surface area contributed by atoms with Gasteiger partial charge in [0.25, 0.3) is 0 Å². The predicted octanol–water partition coefficient (Wildman–Crippen LogP) is 3.78. The lowest BCUT2D eigenvalue weighted by Gasteiger charge is -2.23. The molecule has 2 aromatic rings. The van der Waals surface area contributed by atoms with E-state index in [4.69, 9.17) is 4.98 Å². The summed E-state index contributed by atoms with van der Waals surface area (Å²) >= 11 is 1.63. The van der Waals surface area contributed by atoms with Crippen LogP contribution in [-0.2, 0) is 11.3 Å². The molecule has 6 heteroatoms. The third-order valence-corrected chi connectivity index (χ3v) is 6.41. The Labute approximate surface area is 157 Å². The first kappa shape index (κ1) is 17.6. The van der Waals surface area contributed by atoms with E-state index < -0.39 is 0 Å². The van der Waals surface area contributed by atoms with Gasteiger partial charge in [0, 0.05) is 30.6 Å². The topological polar surface area (TPSA) is 36.4 Å². The monoisotopic (exact) mass is 373 g/mol. The van der Waals surface area contributed by atoms with Crippen molar-refractivity contribution in [3.63, 3.8) is 0 Å². The second-order valence-electron chi connectivity index (χ2n) is 7.42. The molecular formula is C20H24FN3OS. The summed E-state index contributed by atoms with van der Waals surface area (Å²) in [4.78, 5) is 21.9. The van der Waals surface area contributed by atoms with Crippen LogP contribution in [0.5, 0.6) is 0 Å². The number of carbonyl (C=O) groups is 1. The van der Waals surface area contributed by atoms with Crippen molar-refractivity contribution in [2.24, 2.45) is 5.41 Å². The van der Waals surface area contributed by atoms with Crippen LogP contribution in [0.25, 0.3) is 11.3 Å². The van der Waals surface area contributed by atoms with E-state index in [0.717, 1.165) is 68.3 Å². The van der Waals surface area contributed by atoms with Gasteiger partial charge in [-0.15, -0.1) is 11.3 Å². The molecule has 138 valence electrons. The molecule has 1 atom stereocenters. The number of hydrogen-bond acceptors (Lipinski definition) is 4. The van der Waals surface area contributed by atoms with E-state index in [-0.39, 0.29) is 11.2 Å². The Bertz CT molecular complexity index is 791. The van der Waals surface area contributed by atoms with E-state index in [2.05, 4.69) is 11.8 Å². The number of thiazole rings is 1. The Balaban J connectivity index is 1.40. The minimum atomic E-state index is -0.232. The molecule has 1 aromatic heterocycles. The predicted molar refractivity (Wildman–Crippen MR) is 101 cm³/mol. The van der Waals surface area contributed by atoms with Gasteiger partial charge in [-0.25, -0.2) is 9.37 Å². The standard InChI is InChI=1S/C20H24FN3OS/c1-2-9-24-11-8-20(19(24)25)7-10-23(14-20)12-18-22-17(13-26-18)15-3-5-16(21)6-4-15/h3-6,13H,2,7-12,14H2,1H3. The number of amides is 1. The van der Waals surface area contributed by atoms with Gasteiger partial charge in [-0.05, 0) is 50.1 Å². The van der Waals surface area contributed by atoms with Crippen LogP contribution in [0.4, 0.5) is 4.39 Å². The van der Waals surface area contributed by atoms with E-state index in [9.17, 15) is 9.18 Å². The first-order valence-electron chi connectivity index (χ1n) is 9.32.